The number of aliphatic hydroxyl groups is 1. The van der Waals surface area contributed by atoms with Crippen molar-refractivity contribution in [3.63, 3.8) is 0 Å². The molecule has 12 heteroatoms. The molecule has 2 aliphatic carbocycles. The molecule has 1 aromatic rings. The number of amides is 3. The van der Waals surface area contributed by atoms with E-state index in [1.165, 1.54) is 17.8 Å². The van der Waals surface area contributed by atoms with Crippen molar-refractivity contribution in [2.75, 3.05) is 39.4 Å². The van der Waals surface area contributed by atoms with E-state index < -0.39 is 36.0 Å². The van der Waals surface area contributed by atoms with Gasteiger partial charge in [-0.2, -0.15) is 0 Å². The fourth-order valence-electron chi connectivity index (χ4n) is 7.02. The van der Waals surface area contributed by atoms with E-state index in [4.69, 9.17) is 9.47 Å². The third-order valence-electron chi connectivity index (χ3n) is 9.59. The molecule has 11 nitrogen and oxygen atoms in total. The SMILES string of the molecule is CC(C)OC(=O)[C@H](O)[C@H](CC1CCCCC1)NC(=O)[C@@H](CC(=O)N(CC(=O)N1CCOCC1)CC1CCCCC1)Cc1cscn1. The van der Waals surface area contributed by atoms with Gasteiger partial charge in [0.05, 0.1) is 49.0 Å². The molecule has 0 aromatic carbocycles. The fraction of sp³-hybridized carbons (Fsp3) is 0.794. The van der Waals surface area contributed by atoms with Gasteiger partial charge in [0, 0.05) is 37.9 Å². The second-order valence-electron chi connectivity index (χ2n) is 13.6. The highest BCUT2D eigenvalue weighted by atomic mass is 32.1. The minimum Gasteiger partial charge on any atom is -0.461 e. The van der Waals surface area contributed by atoms with Crippen molar-refractivity contribution in [1.82, 2.24) is 20.1 Å². The minimum absolute atomic E-state index is 0.0234. The summed E-state index contributed by atoms with van der Waals surface area (Å²) in [6, 6.07) is -0.837. The molecule has 1 aliphatic heterocycles. The Hall–Kier alpha value is -2.57. The van der Waals surface area contributed by atoms with Gasteiger partial charge in [-0.25, -0.2) is 9.78 Å². The predicted molar refractivity (Wildman–Crippen MR) is 175 cm³/mol. The van der Waals surface area contributed by atoms with E-state index in [9.17, 15) is 24.3 Å². The molecule has 3 aliphatic rings. The topological polar surface area (TPSA) is 138 Å². The highest BCUT2D eigenvalue weighted by Gasteiger charge is 2.36. The number of hydrogen-bond acceptors (Lipinski definition) is 9. The van der Waals surface area contributed by atoms with E-state index in [2.05, 4.69) is 10.3 Å². The number of aromatic nitrogens is 1. The van der Waals surface area contributed by atoms with E-state index in [0.717, 1.165) is 57.8 Å². The van der Waals surface area contributed by atoms with E-state index in [1.54, 1.807) is 29.2 Å². The molecular formula is C34H54N4O7S. The van der Waals surface area contributed by atoms with Gasteiger partial charge in [-0.1, -0.05) is 51.4 Å². The van der Waals surface area contributed by atoms with Crippen LogP contribution in [0.4, 0.5) is 0 Å². The number of ether oxygens (including phenoxy) is 2. The van der Waals surface area contributed by atoms with Gasteiger partial charge in [0.15, 0.2) is 6.10 Å². The van der Waals surface area contributed by atoms with Crippen LogP contribution >= 0.6 is 11.3 Å². The van der Waals surface area contributed by atoms with Crippen LogP contribution < -0.4 is 5.32 Å². The summed E-state index contributed by atoms with van der Waals surface area (Å²) >= 11 is 1.42. The molecule has 1 saturated heterocycles. The summed E-state index contributed by atoms with van der Waals surface area (Å²) in [5.74, 6) is -1.71. The largest absolute Gasteiger partial charge is 0.461 e. The Morgan fingerprint density at radius 3 is 2.30 bits per heavy atom. The first kappa shape index (κ1) is 36.3. The molecule has 0 bridgehead atoms. The Balaban J connectivity index is 1.51. The third kappa shape index (κ3) is 11.6. The van der Waals surface area contributed by atoms with Gasteiger partial charge >= 0.3 is 5.97 Å². The van der Waals surface area contributed by atoms with Crippen LogP contribution in [0, 0.1) is 17.8 Å². The molecule has 1 aromatic heterocycles. The molecular weight excluding hydrogens is 608 g/mol. The highest BCUT2D eigenvalue weighted by Crippen LogP contribution is 2.29. The molecule has 3 amide bonds. The number of nitrogens with zero attached hydrogens (tertiary/aromatic N) is 3. The Morgan fingerprint density at radius 2 is 1.70 bits per heavy atom. The molecule has 3 fully saturated rings. The van der Waals surface area contributed by atoms with Crippen LogP contribution in [0.25, 0.3) is 0 Å². The van der Waals surface area contributed by atoms with Crippen LogP contribution in [0.1, 0.15) is 96.6 Å². The molecule has 2 heterocycles. The fourth-order valence-corrected chi connectivity index (χ4v) is 7.59. The zero-order chi connectivity index (χ0) is 32.9. The predicted octanol–water partition coefficient (Wildman–Crippen LogP) is 3.73. The average Bonchev–Trinajstić information content (AvgIpc) is 3.57. The van der Waals surface area contributed by atoms with Gasteiger partial charge < -0.3 is 29.7 Å². The van der Waals surface area contributed by atoms with Gasteiger partial charge in [-0.3, -0.25) is 14.4 Å². The summed E-state index contributed by atoms with van der Waals surface area (Å²) in [6.45, 7) is 5.88. The maximum absolute atomic E-state index is 14.1. The number of esters is 1. The first-order chi connectivity index (χ1) is 22.2. The molecule has 4 rings (SSSR count). The molecule has 0 unspecified atom stereocenters. The number of carbonyl (C=O) groups excluding carboxylic acids is 4. The lowest BCUT2D eigenvalue weighted by Gasteiger charge is -2.34. The van der Waals surface area contributed by atoms with Gasteiger partial charge in [0.2, 0.25) is 17.7 Å². The Labute approximate surface area is 277 Å². The Kier molecular flexibility index (Phi) is 14.7. The van der Waals surface area contributed by atoms with Crippen molar-refractivity contribution in [1.29, 1.82) is 0 Å². The molecule has 2 saturated carbocycles. The quantitative estimate of drug-likeness (QED) is 0.271. The standard InChI is InChI=1S/C34H54N4O7S/c1-24(2)45-34(43)32(41)29(17-25-9-5-3-6-10-25)36-33(42)27(18-28-22-46-23-35-28)19-30(39)38(20-26-11-7-4-8-12-26)21-31(40)37-13-15-44-16-14-37/h22-27,29,32,41H,3-21H2,1-2H3,(H,36,42)/t27-,29+,32-/m1/s1. The first-order valence-electron chi connectivity index (χ1n) is 17.4. The van der Waals surface area contributed by atoms with E-state index >= 15 is 0 Å². The van der Waals surface area contributed by atoms with Crippen molar-refractivity contribution in [2.24, 2.45) is 17.8 Å². The van der Waals surface area contributed by atoms with Gasteiger partial charge in [-0.15, -0.1) is 11.3 Å². The molecule has 0 spiro atoms. The summed E-state index contributed by atoms with van der Waals surface area (Å²) in [5.41, 5.74) is 2.39. The van der Waals surface area contributed by atoms with E-state index in [0.29, 0.717) is 50.9 Å². The maximum atomic E-state index is 14.1. The van der Waals surface area contributed by atoms with Crippen molar-refractivity contribution < 1.29 is 33.8 Å². The summed E-state index contributed by atoms with van der Waals surface area (Å²) in [5, 5.41) is 15.9. The van der Waals surface area contributed by atoms with E-state index in [1.807, 2.05) is 5.38 Å². The Morgan fingerprint density at radius 1 is 1.04 bits per heavy atom. The zero-order valence-electron chi connectivity index (χ0n) is 27.7. The second-order valence-corrected chi connectivity index (χ2v) is 14.4. The van der Waals surface area contributed by atoms with Gasteiger partial charge in [0.1, 0.15) is 0 Å². The van der Waals surface area contributed by atoms with Crippen molar-refractivity contribution in [3.8, 4) is 0 Å². The third-order valence-corrected chi connectivity index (χ3v) is 10.2. The summed E-state index contributed by atoms with van der Waals surface area (Å²) in [6.07, 6.45) is 9.41. The zero-order valence-corrected chi connectivity index (χ0v) is 28.5. The highest BCUT2D eigenvalue weighted by molar-refractivity contribution is 7.07. The molecule has 3 atom stereocenters. The average molecular weight is 663 g/mol. The van der Waals surface area contributed by atoms with Crippen LogP contribution in [-0.2, 0) is 35.1 Å². The number of thiazole rings is 1. The molecule has 0 radical (unpaired) electrons. The lowest BCUT2D eigenvalue weighted by atomic mass is 9.83. The Bertz CT molecular complexity index is 1100. The number of aliphatic hydroxyl groups excluding tert-OH is 1. The molecule has 2 N–H and O–H groups in total. The number of hydrogen-bond donors (Lipinski definition) is 2. The van der Waals surface area contributed by atoms with Crippen molar-refractivity contribution in [2.45, 2.75) is 116 Å². The number of carbonyl (C=O) groups is 4. The van der Waals surface area contributed by atoms with Crippen molar-refractivity contribution >= 4 is 35.0 Å². The summed E-state index contributed by atoms with van der Waals surface area (Å²) in [4.78, 5) is 62.0. The lowest BCUT2D eigenvalue weighted by Crippen LogP contribution is -2.52. The number of rotatable bonds is 15. The van der Waals surface area contributed by atoms with Gasteiger partial charge in [-0.05, 0) is 44.9 Å². The monoisotopic (exact) mass is 662 g/mol. The molecule has 46 heavy (non-hydrogen) atoms. The van der Waals surface area contributed by atoms with Crippen LogP contribution in [-0.4, -0.2) is 101 Å². The lowest BCUT2D eigenvalue weighted by molar-refractivity contribution is -0.159. The van der Waals surface area contributed by atoms with Crippen LogP contribution in [0.5, 0.6) is 0 Å². The van der Waals surface area contributed by atoms with Crippen LogP contribution in [0.15, 0.2) is 10.9 Å². The minimum atomic E-state index is -1.52. The smallest absolute Gasteiger partial charge is 0.337 e. The number of morpholine rings is 1. The normalized spacial score (nSPS) is 20.1. The summed E-state index contributed by atoms with van der Waals surface area (Å²) in [7, 11) is 0. The van der Waals surface area contributed by atoms with Crippen LogP contribution in [0.2, 0.25) is 0 Å². The second kappa shape index (κ2) is 18.7. The van der Waals surface area contributed by atoms with Crippen molar-refractivity contribution in [3.05, 3.63) is 16.6 Å². The molecule has 258 valence electrons. The van der Waals surface area contributed by atoms with Gasteiger partial charge in [0.25, 0.3) is 0 Å². The van der Waals surface area contributed by atoms with Crippen LogP contribution in [0.3, 0.4) is 0 Å². The summed E-state index contributed by atoms with van der Waals surface area (Å²) < 4.78 is 10.7. The van der Waals surface area contributed by atoms with E-state index in [-0.39, 0.29) is 37.1 Å². The first-order valence-corrected chi connectivity index (χ1v) is 18.3. The number of nitrogens with one attached hydrogen (secondary N) is 1. The maximum Gasteiger partial charge on any atom is 0.337 e.